The van der Waals surface area contributed by atoms with E-state index in [1.54, 1.807) is 0 Å². The highest BCUT2D eigenvalue weighted by molar-refractivity contribution is 5.84. The molecule has 9 aromatic rings. The topological polar surface area (TPSA) is 0 Å². The molecule has 80 heavy (non-hydrogen) atoms. The fourth-order valence-electron chi connectivity index (χ4n) is 19.4. The van der Waals surface area contributed by atoms with E-state index < -0.39 is 0 Å². The third-order valence-corrected chi connectivity index (χ3v) is 21.4. The monoisotopic (exact) mass is 1030 g/mol. The molecule has 0 heterocycles. The summed E-state index contributed by atoms with van der Waals surface area (Å²) in [6.45, 7) is 0. The summed E-state index contributed by atoms with van der Waals surface area (Å²) in [5, 5.41) is 0. The first-order valence-corrected chi connectivity index (χ1v) is 29.5. The largest absolute Gasteiger partial charge is 0.115 e. The Morgan fingerprint density at radius 3 is 0.900 bits per heavy atom. The average Bonchev–Trinajstić information content (AvgIpc) is 2.43. The third kappa shape index (κ3) is 7.62. The van der Waals surface area contributed by atoms with Crippen LogP contribution < -0.4 is 0 Å². The molecule has 8 aliphatic rings. The van der Waals surface area contributed by atoms with Crippen LogP contribution in [0.25, 0.3) is 66.8 Å². The minimum Gasteiger partial charge on any atom is -0.115 e. The molecule has 0 spiro atoms. The van der Waals surface area contributed by atoms with E-state index in [4.69, 9.17) is 19.3 Å². The molecule has 0 N–H and O–H groups in total. The van der Waals surface area contributed by atoms with Crippen LogP contribution in [0.3, 0.4) is 0 Å². The van der Waals surface area contributed by atoms with Gasteiger partial charge in [0.05, 0.1) is 0 Å². The van der Waals surface area contributed by atoms with Crippen LogP contribution in [0.2, 0.25) is 0 Å². The Morgan fingerprint density at radius 1 is 0.275 bits per heavy atom. The zero-order chi connectivity index (χ0) is 53.7. The van der Waals surface area contributed by atoms with Gasteiger partial charge in [0, 0.05) is 16.7 Å². The van der Waals surface area contributed by atoms with E-state index in [0.717, 1.165) is 66.3 Å². The normalized spacial score (nSPS) is 27.5. The molecule has 8 fully saturated rings. The van der Waals surface area contributed by atoms with Crippen LogP contribution in [0.15, 0.2) is 218 Å². The van der Waals surface area contributed by atoms with Gasteiger partial charge in [-0.05, 0) is 242 Å². The Kier molecular flexibility index (Phi) is 11.4. The van der Waals surface area contributed by atoms with E-state index >= 15 is 0 Å². The number of rotatable bonds is 10. The van der Waals surface area contributed by atoms with Gasteiger partial charge in [-0.25, -0.2) is 0 Å². The summed E-state index contributed by atoms with van der Waals surface area (Å²) in [4.78, 5) is 0. The molecule has 0 heteroatoms. The van der Waals surface area contributed by atoms with E-state index in [1.165, 1.54) is 111 Å². The SMILES string of the molecule is C#Cc1c(-c2ccccc2)cc(-c2ccccc2)cc1C12CC3CC(C1)CC(C14CC5CC(c6cc(-c7ccccc7)cc(-c7ccccc7)c6C#C)(CC(c6cc(-c7ccccc7)cc(-c7ccccc7)c6C#C)(C5)C1)C4)(C3)C2. The first kappa shape index (κ1) is 48.8. The van der Waals surface area contributed by atoms with Gasteiger partial charge < -0.3 is 0 Å². The second kappa shape index (κ2) is 18.6. The third-order valence-electron chi connectivity index (χ3n) is 21.4. The number of hydrogen-bond acceptors (Lipinski definition) is 0. The average molecular weight is 1030 g/mol. The molecule has 4 unspecified atom stereocenters. The molecule has 0 aliphatic heterocycles. The van der Waals surface area contributed by atoms with Crippen LogP contribution in [0, 0.1) is 65.6 Å². The molecule has 0 amide bonds. The molecule has 0 nitrogen and oxygen atoms in total. The molecule has 9 aromatic carbocycles. The second-order valence-electron chi connectivity index (χ2n) is 25.8. The van der Waals surface area contributed by atoms with Crippen molar-refractivity contribution in [2.75, 3.05) is 0 Å². The molecule has 4 atom stereocenters. The van der Waals surface area contributed by atoms with Gasteiger partial charge in [-0.1, -0.05) is 200 Å². The van der Waals surface area contributed by atoms with E-state index in [1.807, 2.05) is 0 Å². The number of hydrogen-bond donors (Lipinski definition) is 0. The molecule has 8 aliphatic carbocycles. The summed E-state index contributed by atoms with van der Waals surface area (Å²) in [6, 6.07) is 80.9. The molecule has 8 bridgehead atoms. The van der Waals surface area contributed by atoms with Gasteiger partial charge in [0.25, 0.3) is 0 Å². The Bertz CT molecular complexity index is 3820. The van der Waals surface area contributed by atoms with Crippen molar-refractivity contribution in [3.63, 3.8) is 0 Å². The van der Waals surface area contributed by atoms with Crippen molar-refractivity contribution in [3.05, 3.63) is 252 Å². The van der Waals surface area contributed by atoms with Gasteiger partial charge in [0.1, 0.15) is 0 Å². The zero-order valence-corrected chi connectivity index (χ0v) is 45.7. The van der Waals surface area contributed by atoms with Crippen molar-refractivity contribution in [1.82, 2.24) is 0 Å². The highest BCUT2D eigenvalue weighted by Crippen LogP contribution is 2.81. The van der Waals surface area contributed by atoms with Crippen molar-refractivity contribution in [2.24, 2.45) is 28.6 Å². The Labute approximate surface area is 474 Å². The molecule has 386 valence electrons. The fraction of sp³-hybridized carbons (Fsp3) is 0.250. The van der Waals surface area contributed by atoms with E-state index in [9.17, 15) is 0 Å². The predicted octanol–water partition coefficient (Wildman–Crippen LogP) is 19.3. The summed E-state index contributed by atoms with van der Waals surface area (Å²) in [5.74, 6) is 12.1. The zero-order valence-electron chi connectivity index (χ0n) is 45.7. The standard InChI is InChI=1S/C80H66/c1-4-67-70(61-31-19-10-20-32-61)38-64(58-25-13-7-14-26-58)41-73(67)76-44-55-37-56(45-76)49-79(48-55,52-76)80-50-57-46-77(53-80,74-42-65(59-27-15-8-16-28-59)39-71(68(74)5-2)62-33-21-11-22-34-62)51-78(47-57,54-80)75-43-66(60-29-17-9-18-30-60)40-72(69(75)6-3)63-35-23-12-24-36-63/h1-3,7-36,38-43,55-57H,37,44-54H2. The minimum atomic E-state index is -0.217. The van der Waals surface area contributed by atoms with Crippen molar-refractivity contribution < 1.29 is 0 Å². The maximum atomic E-state index is 7.06. The van der Waals surface area contributed by atoms with Crippen molar-refractivity contribution in [3.8, 4) is 104 Å². The van der Waals surface area contributed by atoms with E-state index in [2.05, 4.69) is 236 Å². The quantitative estimate of drug-likeness (QED) is 0.120. The minimum absolute atomic E-state index is 0.00803. The lowest BCUT2D eigenvalue weighted by Gasteiger charge is -2.76. The number of terminal acetylenes is 3. The smallest absolute Gasteiger partial charge is 0.0359 e. The highest BCUT2D eigenvalue weighted by atomic mass is 14.8. The lowest BCUT2D eigenvalue weighted by molar-refractivity contribution is -0.218. The van der Waals surface area contributed by atoms with Crippen LogP contribution >= 0.6 is 0 Å². The lowest BCUT2D eigenvalue weighted by Crippen LogP contribution is -2.69. The maximum Gasteiger partial charge on any atom is 0.0359 e. The molecular formula is C80H66. The fourth-order valence-corrected chi connectivity index (χ4v) is 19.4. The molecule has 0 radical (unpaired) electrons. The van der Waals surface area contributed by atoms with E-state index in [0.29, 0.717) is 17.8 Å². The molecule has 0 saturated heterocycles. The second-order valence-corrected chi connectivity index (χ2v) is 25.8. The van der Waals surface area contributed by atoms with Crippen LogP contribution in [0.5, 0.6) is 0 Å². The summed E-state index contributed by atoms with van der Waals surface area (Å²) in [6.07, 6.45) is 35.3. The van der Waals surface area contributed by atoms with Crippen LogP contribution in [-0.4, -0.2) is 0 Å². The first-order chi connectivity index (χ1) is 39.2. The maximum absolute atomic E-state index is 7.06. The summed E-state index contributed by atoms with van der Waals surface area (Å²) in [7, 11) is 0. The van der Waals surface area contributed by atoms with E-state index in [-0.39, 0.29) is 27.1 Å². The Balaban J connectivity index is 0.988. The summed E-state index contributed by atoms with van der Waals surface area (Å²) in [5.41, 5.74) is 21.5. The summed E-state index contributed by atoms with van der Waals surface area (Å²) >= 11 is 0. The van der Waals surface area contributed by atoms with Gasteiger partial charge >= 0.3 is 0 Å². The van der Waals surface area contributed by atoms with Gasteiger partial charge in [-0.2, -0.15) is 0 Å². The van der Waals surface area contributed by atoms with Crippen LogP contribution in [0.4, 0.5) is 0 Å². The van der Waals surface area contributed by atoms with Crippen LogP contribution in [0.1, 0.15) is 110 Å². The van der Waals surface area contributed by atoms with Crippen LogP contribution in [-0.2, 0) is 16.2 Å². The van der Waals surface area contributed by atoms with Crippen molar-refractivity contribution >= 4 is 0 Å². The lowest BCUT2D eigenvalue weighted by atomic mass is 9.28. The first-order valence-electron chi connectivity index (χ1n) is 29.5. The highest BCUT2D eigenvalue weighted by Gasteiger charge is 2.73. The van der Waals surface area contributed by atoms with Crippen molar-refractivity contribution in [2.45, 2.75) is 93.3 Å². The molecule has 8 saturated carbocycles. The predicted molar refractivity (Wildman–Crippen MR) is 332 cm³/mol. The van der Waals surface area contributed by atoms with Crippen molar-refractivity contribution in [1.29, 1.82) is 0 Å². The molecule has 17 rings (SSSR count). The van der Waals surface area contributed by atoms with Gasteiger partial charge in [0.15, 0.2) is 0 Å². The molecular weight excluding hydrogens is 961 g/mol. The Hall–Kier alpha value is -8.34. The van der Waals surface area contributed by atoms with Gasteiger partial charge in [-0.15, -0.1) is 19.3 Å². The van der Waals surface area contributed by atoms with Gasteiger partial charge in [0.2, 0.25) is 0 Å². The number of benzene rings is 9. The van der Waals surface area contributed by atoms with Gasteiger partial charge in [-0.3, -0.25) is 0 Å². The molecule has 0 aromatic heterocycles. The summed E-state index contributed by atoms with van der Waals surface area (Å²) < 4.78 is 0. The Morgan fingerprint density at radius 2 is 0.562 bits per heavy atom.